The number of hydrogen-bond acceptors (Lipinski definition) is 5. The molecule has 9 heteroatoms. The number of carbonyl (C=O) groups excluding carboxylic acids is 1. The molecule has 3 aromatic heterocycles. The van der Waals surface area contributed by atoms with Crippen LogP contribution in [0.5, 0.6) is 0 Å². The molecule has 0 saturated heterocycles. The van der Waals surface area contributed by atoms with Gasteiger partial charge in [0, 0.05) is 24.3 Å². The largest absolute Gasteiger partial charge is 0.332 e. The Balaban J connectivity index is 1.76. The lowest BCUT2D eigenvalue weighted by molar-refractivity contribution is -0.116. The second-order valence-corrected chi connectivity index (χ2v) is 6.55. The van der Waals surface area contributed by atoms with Crippen LogP contribution >= 0.6 is 0 Å². The van der Waals surface area contributed by atoms with E-state index in [0.29, 0.717) is 5.56 Å². The summed E-state index contributed by atoms with van der Waals surface area (Å²) >= 11 is 0. The van der Waals surface area contributed by atoms with Gasteiger partial charge < -0.3 is 5.32 Å². The van der Waals surface area contributed by atoms with Crippen LogP contribution in [0.3, 0.4) is 0 Å². The molecule has 3 heterocycles. The molecule has 4 aromatic rings. The molecule has 30 heavy (non-hydrogen) atoms. The first-order valence-electron chi connectivity index (χ1n) is 9.05. The van der Waals surface area contributed by atoms with Gasteiger partial charge in [-0.15, -0.1) is 0 Å². The summed E-state index contributed by atoms with van der Waals surface area (Å²) in [5.74, 6) is -1.03. The zero-order valence-electron chi connectivity index (χ0n) is 15.7. The fourth-order valence-electron chi connectivity index (χ4n) is 3.12. The summed E-state index contributed by atoms with van der Waals surface area (Å²) in [6.45, 7) is -0.355. The Kier molecular flexibility index (Phi) is 5.17. The van der Waals surface area contributed by atoms with Crippen molar-refractivity contribution in [3.05, 3.63) is 99.3 Å². The zero-order valence-corrected chi connectivity index (χ0v) is 15.7. The molecule has 1 aromatic carbocycles. The topological polar surface area (TPSA) is 98.9 Å². The quantitative estimate of drug-likeness (QED) is 0.546. The SMILES string of the molecule is O=C(Cn1c(=O)n(Cc2ccncc2)c(=O)c2ncccc21)Nc1cccc(F)c1. The lowest BCUT2D eigenvalue weighted by atomic mass is 10.2. The fourth-order valence-corrected chi connectivity index (χ4v) is 3.12. The van der Waals surface area contributed by atoms with Crippen molar-refractivity contribution in [2.24, 2.45) is 0 Å². The third-order valence-corrected chi connectivity index (χ3v) is 4.49. The monoisotopic (exact) mass is 405 g/mol. The highest BCUT2D eigenvalue weighted by Gasteiger charge is 2.16. The number of amides is 1. The van der Waals surface area contributed by atoms with E-state index in [0.717, 1.165) is 4.57 Å². The highest BCUT2D eigenvalue weighted by Crippen LogP contribution is 2.10. The minimum absolute atomic E-state index is 0.0121. The highest BCUT2D eigenvalue weighted by atomic mass is 19.1. The van der Waals surface area contributed by atoms with Crippen LogP contribution in [0.1, 0.15) is 5.56 Å². The molecule has 0 aliphatic heterocycles. The van der Waals surface area contributed by atoms with Gasteiger partial charge in [-0.3, -0.25) is 23.7 Å². The molecule has 0 atom stereocenters. The van der Waals surface area contributed by atoms with Gasteiger partial charge in [-0.25, -0.2) is 14.2 Å². The molecule has 0 saturated carbocycles. The van der Waals surface area contributed by atoms with Crippen LogP contribution in [-0.4, -0.2) is 25.0 Å². The number of benzene rings is 1. The van der Waals surface area contributed by atoms with Crippen molar-refractivity contribution < 1.29 is 9.18 Å². The van der Waals surface area contributed by atoms with E-state index >= 15 is 0 Å². The van der Waals surface area contributed by atoms with Gasteiger partial charge in [-0.1, -0.05) is 6.07 Å². The Morgan fingerprint density at radius 1 is 1.00 bits per heavy atom. The van der Waals surface area contributed by atoms with Crippen LogP contribution in [0.15, 0.2) is 76.7 Å². The molecular weight excluding hydrogens is 389 g/mol. The highest BCUT2D eigenvalue weighted by molar-refractivity contribution is 5.91. The Morgan fingerprint density at radius 2 is 1.80 bits per heavy atom. The molecule has 8 nitrogen and oxygen atoms in total. The van der Waals surface area contributed by atoms with Crippen molar-refractivity contribution in [3.8, 4) is 0 Å². The molecular formula is C21H16FN5O3. The van der Waals surface area contributed by atoms with Gasteiger partial charge in [0.15, 0.2) is 5.52 Å². The predicted octanol–water partition coefficient (Wildman–Crippen LogP) is 1.78. The first-order chi connectivity index (χ1) is 14.5. The van der Waals surface area contributed by atoms with Crippen molar-refractivity contribution in [3.63, 3.8) is 0 Å². The van der Waals surface area contributed by atoms with Gasteiger partial charge >= 0.3 is 5.69 Å². The van der Waals surface area contributed by atoms with E-state index in [2.05, 4.69) is 15.3 Å². The van der Waals surface area contributed by atoms with Crippen molar-refractivity contribution in [1.29, 1.82) is 0 Å². The summed E-state index contributed by atoms with van der Waals surface area (Å²) in [7, 11) is 0. The lowest BCUT2D eigenvalue weighted by Crippen LogP contribution is -2.42. The number of carbonyl (C=O) groups is 1. The molecule has 0 aliphatic carbocycles. The number of nitrogens with zero attached hydrogens (tertiary/aromatic N) is 4. The molecule has 1 amide bonds. The zero-order chi connectivity index (χ0) is 21.1. The van der Waals surface area contributed by atoms with E-state index in [9.17, 15) is 18.8 Å². The summed E-state index contributed by atoms with van der Waals surface area (Å²) in [5, 5.41) is 2.55. The Bertz CT molecular complexity index is 1350. The van der Waals surface area contributed by atoms with Crippen molar-refractivity contribution >= 4 is 22.6 Å². The standard InChI is InChI=1S/C21H16FN5O3/c22-15-3-1-4-16(11-15)25-18(28)13-26-17-5-2-8-24-19(17)20(29)27(21(26)30)12-14-6-9-23-10-7-14/h1-11H,12-13H2,(H,25,28). The molecule has 0 fully saturated rings. The summed E-state index contributed by atoms with van der Waals surface area (Å²) < 4.78 is 15.6. The van der Waals surface area contributed by atoms with E-state index in [1.54, 1.807) is 36.7 Å². The minimum Gasteiger partial charge on any atom is -0.324 e. The minimum atomic E-state index is -0.647. The Hall–Kier alpha value is -4.14. The number of rotatable bonds is 5. The van der Waals surface area contributed by atoms with Crippen molar-refractivity contribution in [1.82, 2.24) is 19.1 Å². The van der Waals surface area contributed by atoms with E-state index in [4.69, 9.17) is 0 Å². The second-order valence-electron chi connectivity index (χ2n) is 6.55. The average molecular weight is 405 g/mol. The fraction of sp³-hybridized carbons (Fsp3) is 0.0952. The molecule has 4 rings (SSSR count). The molecule has 0 radical (unpaired) electrons. The Morgan fingerprint density at radius 3 is 2.57 bits per heavy atom. The van der Waals surface area contributed by atoms with Gasteiger partial charge in [-0.2, -0.15) is 0 Å². The van der Waals surface area contributed by atoms with Gasteiger partial charge in [-0.05, 0) is 48.0 Å². The van der Waals surface area contributed by atoms with Crippen LogP contribution in [0, 0.1) is 5.82 Å². The van der Waals surface area contributed by atoms with Crippen molar-refractivity contribution in [2.75, 3.05) is 5.32 Å². The number of aromatic nitrogens is 4. The molecule has 0 aliphatic rings. The van der Waals surface area contributed by atoms with E-state index in [1.165, 1.54) is 35.0 Å². The third kappa shape index (κ3) is 3.86. The number of hydrogen-bond donors (Lipinski definition) is 1. The van der Waals surface area contributed by atoms with E-state index in [1.807, 2.05) is 0 Å². The summed E-state index contributed by atoms with van der Waals surface area (Å²) in [5.41, 5.74) is 0.0920. The normalized spacial score (nSPS) is 10.8. The number of fused-ring (bicyclic) bond motifs is 1. The van der Waals surface area contributed by atoms with Gasteiger partial charge in [0.2, 0.25) is 5.91 Å². The van der Waals surface area contributed by atoms with E-state index in [-0.39, 0.29) is 29.8 Å². The first-order valence-corrected chi connectivity index (χ1v) is 9.05. The first kappa shape index (κ1) is 19.2. The molecule has 0 spiro atoms. The Labute approximate surface area is 169 Å². The third-order valence-electron chi connectivity index (χ3n) is 4.49. The predicted molar refractivity (Wildman–Crippen MR) is 109 cm³/mol. The molecule has 150 valence electrons. The summed E-state index contributed by atoms with van der Waals surface area (Å²) in [6.07, 6.45) is 4.57. The van der Waals surface area contributed by atoms with Gasteiger partial charge in [0.25, 0.3) is 5.56 Å². The number of nitrogens with one attached hydrogen (secondary N) is 1. The number of anilines is 1. The van der Waals surface area contributed by atoms with Crippen LogP contribution in [0.2, 0.25) is 0 Å². The average Bonchev–Trinajstić information content (AvgIpc) is 2.75. The van der Waals surface area contributed by atoms with Crippen LogP contribution < -0.4 is 16.6 Å². The van der Waals surface area contributed by atoms with Crippen LogP contribution in [0.4, 0.5) is 10.1 Å². The summed E-state index contributed by atoms with van der Waals surface area (Å²) in [6, 6.07) is 11.9. The molecule has 1 N–H and O–H groups in total. The number of halogens is 1. The summed E-state index contributed by atoms with van der Waals surface area (Å²) in [4.78, 5) is 46.5. The molecule has 0 bridgehead atoms. The van der Waals surface area contributed by atoms with E-state index < -0.39 is 23.0 Å². The molecule has 0 unspecified atom stereocenters. The van der Waals surface area contributed by atoms with Gasteiger partial charge in [0.1, 0.15) is 12.4 Å². The maximum atomic E-state index is 13.4. The second kappa shape index (κ2) is 8.08. The maximum absolute atomic E-state index is 13.4. The van der Waals surface area contributed by atoms with Gasteiger partial charge in [0.05, 0.1) is 12.1 Å². The van der Waals surface area contributed by atoms with Crippen LogP contribution in [-0.2, 0) is 17.9 Å². The smallest absolute Gasteiger partial charge is 0.324 e. The lowest BCUT2D eigenvalue weighted by Gasteiger charge is -2.14. The maximum Gasteiger partial charge on any atom is 0.332 e. The van der Waals surface area contributed by atoms with Crippen molar-refractivity contribution in [2.45, 2.75) is 13.1 Å². The number of pyridine rings is 2. The van der Waals surface area contributed by atoms with Crippen LogP contribution in [0.25, 0.3) is 11.0 Å².